The van der Waals surface area contributed by atoms with E-state index in [1.165, 1.54) is 5.69 Å². The SMILES string of the molecule is CN(C)c1ncnc2ccc(N3CCN(CCN4CCCOCC4=O)CC3)cc12. The first-order chi connectivity index (χ1) is 14.1. The van der Waals surface area contributed by atoms with E-state index in [1.807, 2.05) is 23.9 Å². The lowest BCUT2D eigenvalue weighted by atomic mass is 10.1. The summed E-state index contributed by atoms with van der Waals surface area (Å²) in [7, 11) is 4.02. The third kappa shape index (κ3) is 4.59. The van der Waals surface area contributed by atoms with Crippen molar-refractivity contribution < 1.29 is 9.53 Å². The highest BCUT2D eigenvalue weighted by Gasteiger charge is 2.21. The Morgan fingerprint density at radius 2 is 1.90 bits per heavy atom. The number of rotatable bonds is 5. The van der Waals surface area contributed by atoms with Gasteiger partial charge < -0.3 is 19.4 Å². The van der Waals surface area contributed by atoms with Gasteiger partial charge in [-0.15, -0.1) is 0 Å². The minimum Gasteiger partial charge on any atom is -0.372 e. The first-order valence-corrected chi connectivity index (χ1v) is 10.4. The Morgan fingerprint density at radius 1 is 1.07 bits per heavy atom. The molecule has 4 rings (SSSR count). The normalized spacial score (nSPS) is 18.9. The summed E-state index contributed by atoms with van der Waals surface area (Å²) in [6.07, 6.45) is 2.55. The van der Waals surface area contributed by atoms with Gasteiger partial charge in [-0.2, -0.15) is 0 Å². The van der Waals surface area contributed by atoms with Crippen molar-refractivity contribution in [3.8, 4) is 0 Å². The molecular formula is C21H30N6O2. The van der Waals surface area contributed by atoms with Crippen LogP contribution in [0.4, 0.5) is 11.5 Å². The number of carbonyl (C=O) groups excluding carboxylic acids is 1. The fourth-order valence-corrected chi connectivity index (χ4v) is 4.05. The van der Waals surface area contributed by atoms with E-state index in [0.29, 0.717) is 6.61 Å². The average Bonchev–Trinajstić information content (AvgIpc) is 2.95. The van der Waals surface area contributed by atoms with Crippen LogP contribution >= 0.6 is 0 Å². The van der Waals surface area contributed by atoms with Crippen molar-refractivity contribution in [2.45, 2.75) is 6.42 Å². The molecule has 8 nitrogen and oxygen atoms in total. The Bertz CT molecular complexity index is 850. The maximum atomic E-state index is 12.1. The van der Waals surface area contributed by atoms with E-state index in [9.17, 15) is 4.79 Å². The van der Waals surface area contributed by atoms with Crippen molar-refractivity contribution in [3.63, 3.8) is 0 Å². The molecule has 3 heterocycles. The third-order valence-electron chi connectivity index (χ3n) is 5.74. The average molecular weight is 399 g/mol. The summed E-state index contributed by atoms with van der Waals surface area (Å²) >= 11 is 0. The van der Waals surface area contributed by atoms with Gasteiger partial charge in [-0.3, -0.25) is 9.69 Å². The second-order valence-corrected chi connectivity index (χ2v) is 7.91. The Kier molecular flexibility index (Phi) is 6.10. The van der Waals surface area contributed by atoms with Crippen LogP contribution in [0.3, 0.4) is 0 Å². The number of benzene rings is 1. The van der Waals surface area contributed by atoms with Gasteiger partial charge in [0.1, 0.15) is 18.8 Å². The monoisotopic (exact) mass is 398 g/mol. The fourth-order valence-electron chi connectivity index (χ4n) is 4.05. The van der Waals surface area contributed by atoms with Crippen LogP contribution < -0.4 is 9.80 Å². The quantitative estimate of drug-likeness (QED) is 0.746. The minimum atomic E-state index is 0.121. The zero-order valence-electron chi connectivity index (χ0n) is 17.4. The van der Waals surface area contributed by atoms with Crippen LogP contribution in [-0.4, -0.2) is 98.8 Å². The van der Waals surface area contributed by atoms with Crippen molar-refractivity contribution in [1.29, 1.82) is 0 Å². The van der Waals surface area contributed by atoms with E-state index in [2.05, 4.69) is 38.0 Å². The lowest BCUT2D eigenvalue weighted by Crippen LogP contribution is -2.49. The molecule has 0 radical (unpaired) electrons. The predicted molar refractivity (Wildman–Crippen MR) is 115 cm³/mol. The molecular weight excluding hydrogens is 368 g/mol. The van der Waals surface area contributed by atoms with E-state index in [4.69, 9.17) is 4.74 Å². The fraction of sp³-hybridized carbons (Fsp3) is 0.571. The van der Waals surface area contributed by atoms with Crippen molar-refractivity contribution in [1.82, 2.24) is 19.8 Å². The summed E-state index contributed by atoms with van der Waals surface area (Å²) in [4.78, 5) is 29.8. The van der Waals surface area contributed by atoms with Crippen LogP contribution in [0.15, 0.2) is 24.5 Å². The van der Waals surface area contributed by atoms with Crippen LogP contribution in [0, 0.1) is 0 Å². The second-order valence-electron chi connectivity index (χ2n) is 7.91. The molecule has 1 aromatic heterocycles. The van der Waals surface area contributed by atoms with E-state index in [0.717, 1.165) is 69.0 Å². The molecule has 2 fully saturated rings. The maximum Gasteiger partial charge on any atom is 0.248 e. The molecule has 29 heavy (non-hydrogen) atoms. The van der Waals surface area contributed by atoms with E-state index < -0.39 is 0 Å². The predicted octanol–water partition coefficient (Wildman–Crippen LogP) is 1.07. The summed E-state index contributed by atoms with van der Waals surface area (Å²) in [6, 6.07) is 6.44. The summed E-state index contributed by atoms with van der Waals surface area (Å²) < 4.78 is 5.32. The molecule has 0 bridgehead atoms. The first-order valence-electron chi connectivity index (χ1n) is 10.4. The van der Waals surface area contributed by atoms with Gasteiger partial charge >= 0.3 is 0 Å². The second kappa shape index (κ2) is 8.92. The lowest BCUT2D eigenvalue weighted by molar-refractivity contribution is -0.134. The van der Waals surface area contributed by atoms with Crippen LogP contribution in [0.1, 0.15) is 6.42 Å². The van der Waals surface area contributed by atoms with Gasteiger partial charge in [0, 0.05) is 77.6 Å². The number of hydrogen-bond acceptors (Lipinski definition) is 7. The number of carbonyl (C=O) groups is 1. The highest BCUT2D eigenvalue weighted by molar-refractivity contribution is 5.91. The Hall–Kier alpha value is -2.45. The van der Waals surface area contributed by atoms with Crippen LogP contribution in [0.5, 0.6) is 0 Å². The highest BCUT2D eigenvalue weighted by Crippen LogP contribution is 2.27. The summed E-state index contributed by atoms with van der Waals surface area (Å²) in [5.74, 6) is 1.07. The molecule has 0 spiro atoms. The molecule has 0 aliphatic carbocycles. The smallest absolute Gasteiger partial charge is 0.248 e. The Balaban J connectivity index is 1.36. The van der Waals surface area contributed by atoms with Gasteiger partial charge in [-0.25, -0.2) is 9.97 Å². The number of fused-ring (bicyclic) bond motifs is 1. The molecule has 1 amide bonds. The Labute approximate surface area is 172 Å². The summed E-state index contributed by atoms with van der Waals surface area (Å²) in [5.41, 5.74) is 2.19. The standard InChI is InChI=1S/C21H30N6O2/c1-24(2)21-18-14-17(4-5-19(18)22-16-23-21)26-10-7-25(8-11-26)9-12-27-6-3-13-29-15-20(27)28/h4-5,14,16H,3,6-13,15H2,1-2H3. The number of aromatic nitrogens is 2. The first kappa shape index (κ1) is 19.8. The summed E-state index contributed by atoms with van der Waals surface area (Å²) in [6.45, 7) is 7.41. The molecule has 0 saturated carbocycles. The van der Waals surface area contributed by atoms with E-state index in [-0.39, 0.29) is 12.5 Å². The molecule has 2 saturated heterocycles. The van der Waals surface area contributed by atoms with Crippen LogP contribution in [0.25, 0.3) is 10.9 Å². The van der Waals surface area contributed by atoms with Crippen molar-refractivity contribution >= 4 is 28.3 Å². The van der Waals surface area contributed by atoms with Crippen LogP contribution in [0.2, 0.25) is 0 Å². The molecule has 2 aliphatic rings. The van der Waals surface area contributed by atoms with Crippen molar-refractivity contribution in [2.24, 2.45) is 0 Å². The topological polar surface area (TPSA) is 65.0 Å². The van der Waals surface area contributed by atoms with Gasteiger partial charge in [-0.1, -0.05) is 0 Å². The molecule has 156 valence electrons. The largest absolute Gasteiger partial charge is 0.372 e. The maximum absolute atomic E-state index is 12.1. The molecule has 2 aliphatic heterocycles. The van der Waals surface area contributed by atoms with Crippen molar-refractivity contribution in [3.05, 3.63) is 24.5 Å². The van der Waals surface area contributed by atoms with Gasteiger partial charge in [-0.05, 0) is 24.6 Å². The number of nitrogens with zero attached hydrogens (tertiary/aromatic N) is 6. The molecule has 8 heteroatoms. The zero-order valence-corrected chi connectivity index (χ0v) is 17.4. The van der Waals surface area contributed by atoms with Gasteiger partial charge in [0.05, 0.1) is 5.52 Å². The van der Waals surface area contributed by atoms with Crippen LogP contribution in [-0.2, 0) is 9.53 Å². The Morgan fingerprint density at radius 3 is 2.69 bits per heavy atom. The van der Waals surface area contributed by atoms with Gasteiger partial charge in [0.2, 0.25) is 5.91 Å². The third-order valence-corrected chi connectivity index (χ3v) is 5.74. The molecule has 0 unspecified atom stereocenters. The van der Waals surface area contributed by atoms with E-state index in [1.54, 1.807) is 6.33 Å². The number of piperazine rings is 1. The number of hydrogen-bond donors (Lipinski definition) is 0. The highest BCUT2D eigenvalue weighted by atomic mass is 16.5. The van der Waals surface area contributed by atoms with Crippen molar-refractivity contribution in [2.75, 3.05) is 82.9 Å². The number of amides is 1. The minimum absolute atomic E-state index is 0.121. The van der Waals surface area contributed by atoms with Gasteiger partial charge in [0.25, 0.3) is 0 Å². The zero-order chi connectivity index (χ0) is 20.2. The molecule has 0 atom stereocenters. The number of anilines is 2. The van der Waals surface area contributed by atoms with E-state index >= 15 is 0 Å². The molecule has 2 aromatic rings. The number of ether oxygens (including phenoxy) is 1. The molecule has 0 N–H and O–H groups in total. The molecule has 1 aromatic carbocycles. The lowest BCUT2D eigenvalue weighted by Gasteiger charge is -2.37. The summed E-state index contributed by atoms with van der Waals surface area (Å²) in [5, 5.41) is 1.08. The van der Waals surface area contributed by atoms with Gasteiger partial charge in [0.15, 0.2) is 0 Å².